The van der Waals surface area contributed by atoms with Crippen LogP contribution in [0, 0.1) is 11.6 Å². The van der Waals surface area contributed by atoms with Crippen LogP contribution in [0.2, 0.25) is 10.0 Å². The molecule has 2 aromatic carbocycles. The summed E-state index contributed by atoms with van der Waals surface area (Å²) < 4.78 is 36.0. The number of carbonyl (C=O) groups excluding carboxylic acids is 1. The first-order chi connectivity index (χ1) is 18.6. The molecule has 5 rings (SSSR count). The Morgan fingerprint density at radius 2 is 1.87 bits per heavy atom. The van der Waals surface area contributed by atoms with E-state index in [0.717, 1.165) is 6.07 Å². The minimum atomic E-state index is -0.878. The lowest BCUT2D eigenvalue weighted by Crippen LogP contribution is -2.58. The molecule has 1 amide bonds. The van der Waals surface area contributed by atoms with Gasteiger partial charge < -0.3 is 14.5 Å². The second kappa shape index (κ2) is 10.7. The molecule has 0 N–H and O–H groups in total. The third kappa shape index (κ3) is 4.71. The van der Waals surface area contributed by atoms with Crippen LogP contribution in [0.1, 0.15) is 19.9 Å². The zero-order valence-electron chi connectivity index (χ0n) is 21.5. The molecule has 7 nitrogen and oxygen atoms in total. The van der Waals surface area contributed by atoms with Crippen molar-refractivity contribution in [1.82, 2.24) is 14.5 Å². The molecule has 2 aliphatic rings. The Balaban J connectivity index is 1.76. The Kier molecular flexibility index (Phi) is 7.67. The normalized spacial score (nSPS) is 20.9. The van der Waals surface area contributed by atoms with Gasteiger partial charge in [0.05, 0.1) is 28.2 Å². The lowest BCUT2D eigenvalue weighted by Gasteiger charge is -2.45. The number of rotatable bonds is 5. The summed E-state index contributed by atoms with van der Waals surface area (Å²) in [5.41, 5.74) is 0.444. The summed E-state index contributed by atoms with van der Waals surface area (Å²) in [4.78, 5) is 34.8. The number of hydrogen-bond donors (Lipinski definition) is 0. The van der Waals surface area contributed by atoms with Crippen molar-refractivity contribution in [3.63, 3.8) is 0 Å². The largest absolute Gasteiger partial charge is 0.383 e. The Bertz CT molecular complexity index is 1550. The van der Waals surface area contributed by atoms with Crippen molar-refractivity contribution in [2.45, 2.75) is 36.9 Å². The molecule has 1 fully saturated rings. The number of benzene rings is 2. The van der Waals surface area contributed by atoms with E-state index in [2.05, 4.69) is 11.6 Å². The summed E-state index contributed by atoms with van der Waals surface area (Å²) in [6.07, 6.45) is 1.30. The monoisotopic (exact) mass is 594 g/mol. The fourth-order valence-electron chi connectivity index (χ4n) is 5.62. The molecule has 1 unspecified atom stereocenters. The van der Waals surface area contributed by atoms with E-state index in [4.69, 9.17) is 27.9 Å². The van der Waals surface area contributed by atoms with Crippen LogP contribution in [0.25, 0.3) is 22.0 Å². The van der Waals surface area contributed by atoms with E-state index >= 15 is 4.39 Å². The lowest BCUT2D eigenvalue weighted by atomic mass is 10.0. The van der Waals surface area contributed by atoms with Crippen LogP contribution in [0.15, 0.2) is 40.5 Å². The molecule has 206 valence electrons. The van der Waals surface area contributed by atoms with E-state index in [1.807, 2.05) is 18.7 Å². The van der Waals surface area contributed by atoms with Gasteiger partial charge in [0, 0.05) is 65.5 Å². The molecule has 2 aliphatic heterocycles. The molecule has 12 heteroatoms. The fraction of sp³-hybridized carbons (Fsp3) is 0.370. The number of methoxy groups -OCH3 is 1. The number of anilines is 1. The van der Waals surface area contributed by atoms with Gasteiger partial charge in [-0.2, -0.15) is 4.98 Å². The van der Waals surface area contributed by atoms with Crippen molar-refractivity contribution in [3.05, 3.63) is 63.0 Å². The van der Waals surface area contributed by atoms with Gasteiger partial charge in [0.2, 0.25) is 5.91 Å². The quantitative estimate of drug-likeness (QED) is 0.285. The van der Waals surface area contributed by atoms with Gasteiger partial charge in [-0.3, -0.25) is 9.36 Å². The highest BCUT2D eigenvalue weighted by Crippen LogP contribution is 2.48. The second-order valence-electron chi connectivity index (χ2n) is 9.77. The van der Waals surface area contributed by atoms with E-state index in [1.165, 1.54) is 23.9 Å². The summed E-state index contributed by atoms with van der Waals surface area (Å²) in [6.45, 7) is 8.60. The number of aromatic nitrogens is 2. The van der Waals surface area contributed by atoms with Crippen molar-refractivity contribution in [3.8, 4) is 11.1 Å². The van der Waals surface area contributed by atoms with Crippen molar-refractivity contribution in [2.75, 3.05) is 37.5 Å². The zero-order chi connectivity index (χ0) is 28.2. The van der Waals surface area contributed by atoms with Crippen molar-refractivity contribution in [2.24, 2.45) is 0 Å². The van der Waals surface area contributed by atoms with Crippen LogP contribution in [0.4, 0.5) is 14.6 Å². The highest BCUT2D eigenvalue weighted by molar-refractivity contribution is 7.99. The average Bonchev–Trinajstić information content (AvgIpc) is 2.88. The zero-order valence-corrected chi connectivity index (χ0v) is 23.8. The van der Waals surface area contributed by atoms with Crippen LogP contribution in [-0.2, 0) is 9.53 Å². The Morgan fingerprint density at radius 1 is 1.18 bits per heavy atom. The van der Waals surface area contributed by atoms with E-state index in [9.17, 15) is 14.0 Å². The van der Waals surface area contributed by atoms with Gasteiger partial charge in [-0.15, -0.1) is 11.8 Å². The van der Waals surface area contributed by atoms with E-state index in [0.29, 0.717) is 46.0 Å². The summed E-state index contributed by atoms with van der Waals surface area (Å²) >= 11 is 14.3. The number of nitrogens with zero attached hydrogens (tertiary/aromatic N) is 4. The highest BCUT2D eigenvalue weighted by Gasteiger charge is 2.36. The molecule has 3 aromatic rings. The molecule has 0 bridgehead atoms. The maximum Gasteiger partial charge on any atom is 0.350 e. The van der Waals surface area contributed by atoms with Crippen molar-refractivity contribution >= 4 is 57.6 Å². The molecule has 1 saturated heterocycles. The SMILES string of the molecule is C=CC(=O)N1[C@H](C)CN(c2nc(=O)n3c4c(c(-c5cc(Cl)c(F)cc5F)c(Cl)cc24)SCC3COC)C[C@@H]1C. The third-order valence-electron chi connectivity index (χ3n) is 7.17. The average molecular weight is 595 g/mol. The maximum atomic E-state index is 15.1. The Hall–Kier alpha value is -2.66. The van der Waals surface area contributed by atoms with Crippen LogP contribution < -0.4 is 10.6 Å². The third-order valence-corrected chi connectivity index (χ3v) is 8.99. The molecule has 0 aliphatic carbocycles. The number of ether oxygens (including phenoxy) is 1. The number of halogens is 4. The minimum Gasteiger partial charge on any atom is -0.383 e. The Labute approximate surface area is 238 Å². The van der Waals surface area contributed by atoms with Gasteiger partial charge in [-0.1, -0.05) is 29.8 Å². The molecule has 3 heterocycles. The molecular weight excluding hydrogens is 569 g/mol. The molecule has 39 heavy (non-hydrogen) atoms. The molecule has 0 saturated carbocycles. The smallest absolute Gasteiger partial charge is 0.350 e. The van der Waals surface area contributed by atoms with Gasteiger partial charge >= 0.3 is 5.69 Å². The molecule has 3 atom stereocenters. The van der Waals surface area contributed by atoms with Gasteiger partial charge in [-0.05, 0) is 32.1 Å². The lowest BCUT2D eigenvalue weighted by molar-refractivity contribution is -0.130. The number of piperazine rings is 1. The summed E-state index contributed by atoms with van der Waals surface area (Å²) in [5, 5.41) is 0.588. The highest BCUT2D eigenvalue weighted by atomic mass is 35.5. The Morgan fingerprint density at radius 3 is 2.51 bits per heavy atom. The van der Waals surface area contributed by atoms with Crippen LogP contribution in [0.5, 0.6) is 0 Å². The van der Waals surface area contributed by atoms with E-state index in [-0.39, 0.29) is 46.2 Å². The summed E-state index contributed by atoms with van der Waals surface area (Å²) in [6, 6.07) is 2.93. The van der Waals surface area contributed by atoms with Crippen LogP contribution >= 0.6 is 35.0 Å². The number of hydrogen-bond acceptors (Lipinski definition) is 6. The van der Waals surface area contributed by atoms with Crippen LogP contribution in [0.3, 0.4) is 0 Å². The molecule has 0 spiro atoms. The second-order valence-corrected chi connectivity index (χ2v) is 11.6. The summed E-state index contributed by atoms with van der Waals surface area (Å²) in [5.74, 6) is -0.968. The standard InChI is InChI=1S/C27H26Cl2F2N4O3S/c1-5-22(36)34-13(2)9-33(10-14(34)3)26-17-7-19(29)23(16-6-18(28)21(31)8-20(16)30)25-24(17)35(27(37)32-26)15(11-38-4)12-39-25/h5-8,13-15H,1,9-12H2,2-4H3/t13-,14+,15?. The minimum absolute atomic E-state index is 0.0390. The van der Waals surface area contributed by atoms with Gasteiger partial charge in [0.15, 0.2) is 0 Å². The first-order valence-electron chi connectivity index (χ1n) is 12.3. The fourth-order valence-corrected chi connectivity index (χ4v) is 7.46. The summed E-state index contributed by atoms with van der Waals surface area (Å²) in [7, 11) is 1.56. The number of amides is 1. The first kappa shape index (κ1) is 27.9. The molecule has 0 radical (unpaired) electrons. The molecular formula is C27H26Cl2F2N4O3S. The maximum absolute atomic E-state index is 15.1. The predicted octanol–water partition coefficient (Wildman–Crippen LogP) is 5.55. The van der Waals surface area contributed by atoms with E-state index in [1.54, 1.807) is 22.6 Å². The van der Waals surface area contributed by atoms with E-state index < -0.39 is 17.3 Å². The first-order valence-corrected chi connectivity index (χ1v) is 14.1. The van der Waals surface area contributed by atoms with Crippen molar-refractivity contribution < 1.29 is 18.3 Å². The predicted molar refractivity (Wildman–Crippen MR) is 151 cm³/mol. The van der Waals surface area contributed by atoms with Gasteiger partial charge in [0.1, 0.15) is 17.5 Å². The van der Waals surface area contributed by atoms with Crippen molar-refractivity contribution in [1.29, 1.82) is 0 Å². The number of carbonyl (C=O) groups is 1. The van der Waals surface area contributed by atoms with Gasteiger partial charge in [-0.25, -0.2) is 13.6 Å². The van der Waals surface area contributed by atoms with Crippen LogP contribution in [-0.4, -0.2) is 65.0 Å². The van der Waals surface area contributed by atoms with Gasteiger partial charge in [0.25, 0.3) is 0 Å². The number of thioether (sulfide) groups is 1. The topological polar surface area (TPSA) is 67.7 Å². The molecule has 1 aromatic heterocycles.